The average molecular weight is 377 g/mol. The minimum atomic E-state index is -0.586. The fourth-order valence-electron chi connectivity index (χ4n) is 3.38. The molecule has 0 radical (unpaired) electrons. The molecule has 2 rings (SSSR count). The van der Waals surface area contributed by atoms with E-state index in [0.717, 1.165) is 12.8 Å². The van der Waals surface area contributed by atoms with E-state index in [9.17, 15) is 14.4 Å². The molecule has 0 aliphatic heterocycles. The predicted octanol–water partition coefficient (Wildman–Crippen LogP) is 1.87. The van der Waals surface area contributed by atoms with Gasteiger partial charge in [0, 0.05) is 5.69 Å². The number of esters is 2. The van der Waals surface area contributed by atoms with E-state index in [1.807, 2.05) is 0 Å². The molecule has 0 spiro atoms. The Morgan fingerprint density at radius 1 is 0.926 bits per heavy atom. The summed E-state index contributed by atoms with van der Waals surface area (Å²) in [5.74, 6) is -1.34. The molecule has 1 aliphatic carbocycles. The minimum Gasteiger partial charge on any atom is -0.465 e. The highest BCUT2D eigenvalue weighted by Gasteiger charge is 2.18. The van der Waals surface area contributed by atoms with Crippen LogP contribution in [0.25, 0.3) is 0 Å². The fourth-order valence-corrected chi connectivity index (χ4v) is 3.38. The number of nitrogens with two attached hydrogens (primary N) is 1. The molecule has 0 unspecified atom stereocenters. The number of carbonyl (C=O) groups is 3. The molecule has 1 fully saturated rings. The highest BCUT2D eigenvalue weighted by molar-refractivity contribution is 5.99. The van der Waals surface area contributed by atoms with Crippen LogP contribution in [-0.4, -0.2) is 44.7 Å². The zero-order chi connectivity index (χ0) is 19.6. The summed E-state index contributed by atoms with van der Waals surface area (Å²) in [6.45, 7) is 0.306. The monoisotopic (exact) mass is 377 g/mol. The van der Waals surface area contributed by atoms with Gasteiger partial charge in [-0.05, 0) is 43.9 Å². The first-order chi connectivity index (χ1) is 13.0. The third kappa shape index (κ3) is 6.67. The molecular formula is C20H29N2O5+. The lowest BCUT2D eigenvalue weighted by molar-refractivity contribution is -0.680. The number of anilines is 1. The number of quaternary nitrogens is 1. The summed E-state index contributed by atoms with van der Waals surface area (Å²) in [7, 11) is 2.52. The van der Waals surface area contributed by atoms with Crippen molar-refractivity contribution in [2.75, 3.05) is 26.1 Å². The van der Waals surface area contributed by atoms with Crippen LogP contribution in [0.5, 0.6) is 0 Å². The van der Waals surface area contributed by atoms with Crippen molar-refractivity contribution in [2.45, 2.75) is 51.0 Å². The quantitative estimate of drug-likeness (QED) is 0.738. The van der Waals surface area contributed by atoms with Crippen LogP contribution >= 0.6 is 0 Å². The second kappa shape index (κ2) is 10.7. The summed E-state index contributed by atoms with van der Waals surface area (Å²) < 4.78 is 9.41. The summed E-state index contributed by atoms with van der Waals surface area (Å²) in [6.07, 6.45) is 8.56. The lowest BCUT2D eigenvalue weighted by Crippen LogP contribution is -2.91. The Balaban J connectivity index is 2.00. The Labute approximate surface area is 159 Å². The number of ether oxygens (including phenoxy) is 2. The van der Waals surface area contributed by atoms with Crippen LogP contribution < -0.4 is 10.6 Å². The molecule has 1 amide bonds. The predicted molar refractivity (Wildman–Crippen MR) is 101 cm³/mol. The van der Waals surface area contributed by atoms with E-state index >= 15 is 0 Å². The van der Waals surface area contributed by atoms with Crippen molar-refractivity contribution in [2.24, 2.45) is 0 Å². The molecule has 0 saturated heterocycles. The number of rotatable bonds is 6. The van der Waals surface area contributed by atoms with Gasteiger partial charge in [-0.2, -0.15) is 0 Å². The Hall–Kier alpha value is -2.41. The van der Waals surface area contributed by atoms with Gasteiger partial charge >= 0.3 is 11.9 Å². The highest BCUT2D eigenvalue weighted by atomic mass is 16.5. The van der Waals surface area contributed by atoms with Crippen LogP contribution in [0, 0.1) is 0 Å². The van der Waals surface area contributed by atoms with Crippen molar-refractivity contribution in [1.29, 1.82) is 0 Å². The second-order valence-electron chi connectivity index (χ2n) is 6.88. The number of benzene rings is 1. The second-order valence-corrected chi connectivity index (χ2v) is 6.88. The van der Waals surface area contributed by atoms with Crippen molar-refractivity contribution in [3.05, 3.63) is 29.3 Å². The first-order valence-electron chi connectivity index (χ1n) is 9.48. The molecule has 0 atom stereocenters. The summed E-state index contributed by atoms with van der Waals surface area (Å²) in [5.41, 5.74) is 0.730. The molecule has 27 heavy (non-hydrogen) atoms. The van der Waals surface area contributed by atoms with Crippen LogP contribution in [0.2, 0.25) is 0 Å². The lowest BCUT2D eigenvalue weighted by Gasteiger charge is -2.18. The number of carbonyl (C=O) groups excluding carboxylic acids is 3. The molecule has 0 aromatic heterocycles. The molecule has 3 N–H and O–H groups in total. The van der Waals surface area contributed by atoms with Gasteiger partial charge < -0.3 is 20.1 Å². The molecule has 1 aromatic rings. The van der Waals surface area contributed by atoms with E-state index < -0.39 is 11.9 Å². The van der Waals surface area contributed by atoms with Gasteiger partial charge in [-0.1, -0.05) is 19.3 Å². The van der Waals surface area contributed by atoms with Gasteiger partial charge in [-0.15, -0.1) is 0 Å². The van der Waals surface area contributed by atoms with Gasteiger partial charge in [0.05, 0.1) is 31.4 Å². The first-order valence-corrected chi connectivity index (χ1v) is 9.48. The van der Waals surface area contributed by atoms with Crippen LogP contribution in [0.15, 0.2) is 18.2 Å². The zero-order valence-electron chi connectivity index (χ0n) is 16.1. The molecule has 7 heteroatoms. The zero-order valence-corrected chi connectivity index (χ0v) is 16.1. The van der Waals surface area contributed by atoms with E-state index in [-0.39, 0.29) is 17.0 Å². The topological polar surface area (TPSA) is 98.3 Å². The van der Waals surface area contributed by atoms with Gasteiger partial charge in [0.2, 0.25) is 0 Å². The first kappa shape index (κ1) is 20.9. The largest absolute Gasteiger partial charge is 0.465 e. The number of hydrogen-bond donors (Lipinski definition) is 2. The van der Waals surface area contributed by atoms with Crippen LogP contribution in [0.1, 0.15) is 65.7 Å². The maximum atomic E-state index is 12.3. The lowest BCUT2D eigenvalue weighted by atomic mass is 9.97. The molecular weight excluding hydrogens is 348 g/mol. The van der Waals surface area contributed by atoms with E-state index in [2.05, 4.69) is 10.6 Å². The summed E-state index contributed by atoms with van der Waals surface area (Å²) in [6, 6.07) is 4.84. The Kier molecular flexibility index (Phi) is 8.26. The van der Waals surface area contributed by atoms with Crippen LogP contribution in [0.4, 0.5) is 5.69 Å². The van der Waals surface area contributed by atoms with Crippen molar-refractivity contribution < 1.29 is 29.2 Å². The standard InChI is InChI=1S/C20H28N2O5/c1-26-19(24)14-10-15(20(25)27-2)12-17(11-14)22-18(23)13-21-16-8-6-4-3-5-7-9-16/h10-12,16,21H,3-9,13H2,1-2H3,(H,22,23)/p+1. The number of hydrogen-bond acceptors (Lipinski definition) is 5. The molecule has 1 aromatic carbocycles. The summed E-state index contributed by atoms with van der Waals surface area (Å²) in [5, 5.41) is 4.85. The molecule has 7 nitrogen and oxygen atoms in total. The van der Waals surface area contributed by atoms with Crippen molar-refractivity contribution >= 4 is 23.5 Å². The van der Waals surface area contributed by atoms with Crippen molar-refractivity contribution in [3.63, 3.8) is 0 Å². The fraction of sp³-hybridized carbons (Fsp3) is 0.550. The summed E-state index contributed by atoms with van der Waals surface area (Å²) >= 11 is 0. The summed E-state index contributed by atoms with van der Waals surface area (Å²) in [4.78, 5) is 36.0. The molecule has 148 valence electrons. The Bertz CT molecular complexity index is 632. The number of methoxy groups -OCH3 is 2. The van der Waals surface area contributed by atoms with Gasteiger partial charge in [-0.25, -0.2) is 9.59 Å². The minimum absolute atomic E-state index is 0.171. The Morgan fingerprint density at radius 3 is 1.96 bits per heavy atom. The van der Waals surface area contributed by atoms with E-state index in [4.69, 9.17) is 9.47 Å². The van der Waals surface area contributed by atoms with Gasteiger partial charge in [0.25, 0.3) is 5.91 Å². The smallest absolute Gasteiger partial charge is 0.337 e. The third-order valence-electron chi connectivity index (χ3n) is 4.85. The third-order valence-corrected chi connectivity index (χ3v) is 4.85. The number of amides is 1. The molecule has 1 saturated carbocycles. The van der Waals surface area contributed by atoms with Crippen molar-refractivity contribution in [1.82, 2.24) is 0 Å². The number of nitrogens with one attached hydrogen (secondary N) is 1. The maximum Gasteiger partial charge on any atom is 0.337 e. The molecule has 0 bridgehead atoms. The highest BCUT2D eigenvalue weighted by Crippen LogP contribution is 2.17. The Morgan fingerprint density at radius 2 is 1.44 bits per heavy atom. The van der Waals surface area contributed by atoms with E-state index in [1.165, 1.54) is 64.5 Å². The normalized spacial score (nSPS) is 15.3. The van der Waals surface area contributed by atoms with Crippen molar-refractivity contribution in [3.8, 4) is 0 Å². The van der Waals surface area contributed by atoms with Gasteiger partial charge in [-0.3, -0.25) is 4.79 Å². The molecule has 1 aliphatic rings. The van der Waals surface area contributed by atoms with Gasteiger partial charge in [0.1, 0.15) is 0 Å². The van der Waals surface area contributed by atoms with Crippen LogP contribution in [0.3, 0.4) is 0 Å². The van der Waals surface area contributed by atoms with Crippen LogP contribution in [-0.2, 0) is 14.3 Å². The SMILES string of the molecule is COC(=O)c1cc(NC(=O)C[NH2+]C2CCCCCCC2)cc(C(=O)OC)c1. The van der Waals surface area contributed by atoms with E-state index in [1.54, 1.807) is 0 Å². The maximum absolute atomic E-state index is 12.3. The van der Waals surface area contributed by atoms with Gasteiger partial charge in [0.15, 0.2) is 6.54 Å². The average Bonchev–Trinajstić information content (AvgIpc) is 2.65. The molecule has 0 heterocycles. The van der Waals surface area contributed by atoms with E-state index in [0.29, 0.717) is 18.3 Å².